The third-order valence-electron chi connectivity index (χ3n) is 2.23. The summed E-state index contributed by atoms with van der Waals surface area (Å²) in [4.78, 5) is 5.32. The van der Waals surface area contributed by atoms with E-state index in [4.69, 9.17) is 10.6 Å². The number of thiazole rings is 1. The van der Waals surface area contributed by atoms with E-state index in [1.807, 2.05) is 12.4 Å². The van der Waals surface area contributed by atoms with E-state index in [1.165, 1.54) is 0 Å². The van der Waals surface area contributed by atoms with Crippen molar-refractivity contribution in [3.63, 3.8) is 0 Å². The van der Waals surface area contributed by atoms with Gasteiger partial charge in [-0.25, -0.2) is 10.4 Å². The lowest BCUT2D eigenvalue weighted by Crippen LogP contribution is -2.29. The first kappa shape index (κ1) is 9.64. The number of hydrogen-bond acceptors (Lipinski definition) is 5. The van der Waals surface area contributed by atoms with E-state index < -0.39 is 0 Å². The van der Waals surface area contributed by atoms with Crippen LogP contribution in [0.15, 0.2) is 17.3 Å². The Morgan fingerprint density at radius 2 is 2.57 bits per heavy atom. The summed E-state index contributed by atoms with van der Waals surface area (Å²) < 4.78 is 5.48. The lowest BCUT2D eigenvalue weighted by molar-refractivity contribution is 0.216. The van der Waals surface area contributed by atoms with E-state index in [2.05, 4.69) is 16.5 Å². The number of aromatic nitrogens is 1. The Hall–Kier alpha value is -0.910. The van der Waals surface area contributed by atoms with E-state index in [0.29, 0.717) is 0 Å². The van der Waals surface area contributed by atoms with Crippen LogP contribution in [0.4, 0.5) is 0 Å². The highest BCUT2D eigenvalue weighted by Gasteiger charge is 2.22. The minimum Gasteiger partial charge on any atom is -0.496 e. The van der Waals surface area contributed by atoms with Crippen LogP contribution in [0.1, 0.15) is 23.0 Å². The first-order chi connectivity index (χ1) is 6.83. The lowest BCUT2D eigenvalue weighted by Gasteiger charge is -2.15. The average molecular weight is 211 g/mol. The zero-order chi connectivity index (χ0) is 9.97. The first-order valence-corrected chi connectivity index (χ1v) is 5.40. The van der Waals surface area contributed by atoms with Crippen molar-refractivity contribution < 1.29 is 4.74 Å². The van der Waals surface area contributed by atoms with Crippen LogP contribution in [0, 0.1) is 6.92 Å². The van der Waals surface area contributed by atoms with Crippen LogP contribution in [-0.4, -0.2) is 11.6 Å². The molecule has 76 valence electrons. The van der Waals surface area contributed by atoms with Gasteiger partial charge in [-0.15, -0.1) is 11.3 Å². The van der Waals surface area contributed by atoms with Crippen LogP contribution in [0.5, 0.6) is 0 Å². The normalized spacial score (nSPS) is 17.7. The molecule has 1 atom stereocenters. The Morgan fingerprint density at radius 3 is 3.07 bits per heavy atom. The molecule has 5 heteroatoms. The molecule has 0 aromatic carbocycles. The van der Waals surface area contributed by atoms with Gasteiger partial charge < -0.3 is 4.74 Å². The van der Waals surface area contributed by atoms with Gasteiger partial charge in [0.2, 0.25) is 0 Å². The van der Waals surface area contributed by atoms with Crippen molar-refractivity contribution in [3.05, 3.63) is 27.9 Å². The minimum atomic E-state index is -0.0370. The zero-order valence-corrected chi connectivity index (χ0v) is 8.80. The molecule has 1 aliphatic heterocycles. The van der Waals surface area contributed by atoms with Crippen molar-refractivity contribution in [2.75, 3.05) is 6.61 Å². The molecule has 0 amide bonds. The van der Waals surface area contributed by atoms with Gasteiger partial charge in [0.1, 0.15) is 11.8 Å². The molecule has 2 rings (SSSR count). The minimum absolute atomic E-state index is 0.0370. The van der Waals surface area contributed by atoms with Crippen LogP contribution in [-0.2, 0) is 4.74 Å². The van der Waals surface area contributed by atoms with Gasteiger partial charge in [0.15, 0.2) is 0 Å². The van der Waals surface area contributed by atoms with Gasteiger partial charge in [0.05, 0.1) is 22.7 Å². The van der Waals surface area contributed by atoms with Crippen molar-refractivity contribution in [2.24, 2.45) is 5.84 Å². The summed E-state index contributed by atoms with van der Waals surface area (Å²) >= 11 is 1.59. The Morgan fingerprint density at radius 1 is 1.71 bits per heavy atom. The summed E-state index contributed by atoms with van der Waals surface area (Å²) in [6.07, 6.45) is 3.04. The second kappa shape index (κ2) is 4.08. The number of hydrazine groups is 1. The molecular weight excluding hydrogens is 198 g/mol. The molecular formula is C9H13N3OS. The quantitative estimate of drug-likeness (QED) is 0.583. The highest BCUT2D eigenvalue weighted by atomic mass is 32.1. The van der Waals surface area contributed by atoms with Crippen LogP contribution >= 0.6 is 11.3 Å². The summed E-state index contributed by atoms with van der Waals surface area (Å²) in [7, 11) is 0. The molecule has 4 nitrogen and oxygen atoms in total. The lowest BCUT2D eigenvalue weighted by atomic mass is 10.2. The molecule has 0 spiro atoms. The van der Waals surface area contributed by atoms with Gasteiger partial charge in [-0.1, -0.05) is 0 Å². The zero-order valence-electron chi connectivity index (χ0n) is 7.99. The van der Waals surface area contributed by atoms with Crippen molar-refractivity contribution in [3.8, 4) is 0 Å². The number of nitrogens with one attached hydrogen (secondary N) is 1. The summed E-state index contributed by atoms with van der Waals surface area (Å²) in [5, 5.41) is 0. The van der Waals surface area contributed by atoms with Gasteiger partial charge in [0.25, 0.3) is 0 Å². The predicted molar refractivity (Wildman–Crippen MR) is 55.6 cm³/mol. The average Bonchev–Trinajstić information content (AvgIpc) is 2.80. The van der Waals surface area contributed by atoms with Crippen molar-refractivity contribution >= 4 is 11.3 Å². The molecule has 0 bridgehead atoms. The van der Waals surface area contributed by atoms with Gasteiger partial charge in [-0.2, -0.15) is 0 Å². The fourth-order valence-electron chi connectivity index (χ4n) is 1.51. The molecule has 0 saturated heterocycles. The number of aryl methyl sites for hydroxylation is 1. The van der Waals surface area contributed by atoms with Gasteiger partial charge >= 0.3 is 0 Å². The van der Waals surface area contributed by atoms with Crippen LogP contribution < -0.4 is 11.3 Å². The standard InChI is InChI=1S/C9H13N3OS/c1-6-9(14-5-11-6)8(12-10)7-3-2-4-13-7/h3,5,8,12H,2,4,10H2,1H3. The van der Waals surface area contributed by atoms with Gasteiger partial charge in [0, 0.05) is 6.42 Å². The number of hydrogen-bond donors (Lipinski definition) is 2. The van der Waals surface area contributed by atoms with Gasteiger partial charge in [-0.05, 0) is 13.0 Å². The summed E-state index contributed by atoms with van der Waals surface area (Å²) in [5.74, 6) is 6.44. The Labute approximate surface area is 86.8 Å². The maximum Gasteiger partial charge on any atom is 0.116 e. The molecule has 2 heterocycles. The molecule has 1 aliphatic rings. The second-order valence-corrected chi connectivity index (χ2v) is 4.03. The fraction of sp³-hybridized carbons (Fsp3) is 0.444. The van der Waals surface area contributed by atoms with E-state index in [9.17, 15) is 0 Å². The highest BCUT2D eigenvalue weighted by Crippen LogP contribution is 2.30. The topological polar surface area (TPSA) is 60.2 Å². The van der Waals surface area contributed by atoms with Crippen LogP contribution in [0.25, 0.3) is 0 Å². The number of rotatable bonds is 3. The highest BCUT2D eigenvalue weighted by molar-refractivity contribution is 7.09. The van der Waals surface area contributed by atoms with E-state index in [-0.39, 0.29) is 6.04 Å². The third kappa shape index (κ3) is 1.66. The van der Waals surface area contributed by atoms with E-state index in [1.54, 1.807) is 11.3 Å². The molecule has 0 radical (unpaired) electrons. The van der Waals surface area contributed by atoms with Crippen molar-refractivity contribution in [1.29, 1.82) is 0 Å². The molecule has 0 saturated carbocycles. The molecule has 1 aromatic heterocycles. The van der Waals surface area contributed by atoms with E-state index >= 15 is 0 Å². The van der Waals surface area contributed by atoms with Crippen LogP contribution in [0.3, 0.4) is 0 Å². The number of nitrogens with zero attached hydrogens (tertiary/aromatic N) is 1. The fourth-order valence-corrected chi connectivity index (χ4v) is 2.38. The Kier molecular flexibility index (Phi) is 2.81. The molecule has 3 N–H and O–H groups in total. The second-order valence-electron chi connectivity index (χ2n) is 3.15. The monoisotopic (exact) mass is 211 g/mol. The Bertz CT molecular complexity index is 348. The summed E-state index contributed by atoms with van der Waals surface area (Å²) in [6, 6.07) is -0.0370. The van der Waals surface area contributed by atoms with Gasteiger partial charge in [-0.3, -0.25) is 5.84 Å². The summed E-state index contributed by atoms with van der Waals surface area (Å²) in [5.41, 5.74) is 5.60. The van der Waals surface area contributed by atoms with Crippen LogP contribution in [0.2, 0.25) is 0 Å². The molecule has 14 heavy (non-hydrogen) atoms. The summed E-state index contributed by atoms with van der Waals surface area (Å²) in [6.45, 7) is 2.73. The van der Waals surface area contributed by atoms with Crippen molar-refractivity contribution in [2.45, 2.75) is 19.4 Å². The SMILES string of the molecule is Cc1ncsc1C(NN)C1=CCCO1. The largest absolute Gasteiger partial charge is 0.496 e. The Balaban J connectivity index is 2.25. The van der Waals surface area contributed by atoms with E-state index in [0.717, 1.165) is 29.4 Å². The molecule has 0 aliphatic carbocycles. The maximum absolute atomic E-state index is 5.52. The maximum atomic E-state index is 5.52. The van der Waals surface area contributed by atoms with Crippen molar-refractivity contribution in [1.82, 2.24) is 10.4 Å². The molecule has 1 unspecified atom stereocenters. The first-order valence-electron chi connectivity index (χ1n) is 4.52. The molecule has 0 fully saturated rings. The predicted octanol–water partition coefficient (Wildman–Crippen LogP) is 1.26. The third-order valence-corrected chi connectivity index (χ3v) is 3.22. The number of nitrogens with two attached hydrogens (primary N) is 1. The number of ether oxygens (including phenoxy) is 1. The molecule has 1 aromatic rings. The smallest absolute Gasteiger partial charge is 0.116 e.